The van der Waals surface area contributed by atoms with E-state index in [1.165, 1.54) is 21.3 Å². The van der Waals surface area contributed by atoms with E-state index in [0.717, 1.165) is 46.7 Å². The first kappa shape index (κ1) is 33.0. The minimum Gasteiger partial charge on any atom is -0.496 e. The molecule has 9 nitrogen and oxygen atoms in total. The Labute approximate surface area is 263 Å². The van der Waals surface area contributed by atoms with Crippen LogP contribution < -0.4 is 23.7 Å². The van der Waals surface area contributed by atoms with Crippen LogP contribution in [-0.2, 0) is 4.74 Å². The van der Waals surface area contributed by atoms with Crippen molar-refractivity contribution in [2.75, 3.05) is 42.7 Å². The molecule has 0 aliphatic heterocycles. The second kappa shape index (κ2) is 13.4. The van der Waals surface area contributed by atoms with E-state index in [1.54, 1.807) is 57.7 Å². The fourth-order valence-electron chi connectivity index (χ4n) is 6.62. The number of hydrogen-bond acceptors (Lipinski definition) is 9. The number of aldehydes is 3. The zero-order chi connectivity index (χ0) is 33.1. The van der Waals surface area contributed by atoms with Crippen molar-refractivity contribution >= 4 is 30.0 Å². The van der Waals surface area contributed by atoms with Gasteiger partial charge in [0.25, 0.3) is 0 Å². The Morgan fingerprint density at radius 2 is 1.13 bits per heavy atom. The van der Waals surface area contributed by atoms with Crippen LogP contribution in [0.3, 0.4) is 0 Å². The van der Waals surface area contributed by atoms with Gasteiger partial charge in [-0.15, -0.1) is 0 Å². The molecule has 0 fully saturated rings. The first-order chi connectivity index (χ1) is 21.6. The Balaban J connectivity index is 2.22. The lowest BCUT2D eigenvalue weighted by Crippen LogP contribution is -2.41. The zero-order valence-electron chi connectivity index (χ0n) is 27.0. The predicted octanol–water partition coefficient (Wildman–Crippen LogP) is 6.62. The van der Waals surface area contributed by atoms with E-state index in [1.807, 2.05) is 26.8 Å². The average molecular weight is 615 g/mol. The lowest BCUT2D eigenvalue weighted by Gasteiger charge is -2.46. The van der Waals surface area contributed by atoms with Crippen LogP contribution in [0, 0.1) is 0 Å². The number of methoxy groups -OCH3 is 6. The molecule has 9 heteroatoms. The first-order valence-corrected chi connectivity index (χ1v) is 14.2. The number of rotatable bonds is 12. The summed E-state index contributed by atoms with van der Waals surface area (Å²) in [6.45, 7) is 5.92. The van der Waals surface area contributed by atoms with Crippen LogP contribution in [-0.4, -0.2) is 67.1 Å². The van der Waals surface area contributed by atoms with Crippen LogP contribution in [0.15, 0.2) is 53.6 Å². The minimum absolute atomic E-state index is 0.328. The molecule has 2 unspecified atom stereocenters. The lowest BCUT2D eigenvalue weighted by atomic mass is 9.64. The summed E-state index contributed by atoms with van der Waals surface area (Å²) in [7, 11) is 9.20. The molecule has 1 aliphatic rings. The highest BCUT2D eigenvalue weighted by atomic mass is 16.5. The molecule has 1 aliphatic carbocycles. The molecular formula is C36H38O9. The van der Waals surface area contributed by atoms with E-state index in [0.29, 0.717) is 56.6 Å². The maximum Gasteiger partial charge on any atom is 0.153 e. The van der Waals surface area contributed by atoms with Gasteiger partial charge in [0, 0.05) is 36.3 Å². The predicted molar refractivity (Wildman–Crippen MR) is 172 cm³/mol. The van der Waals surface area contributed by atoms with Crippen molar-refractivity contribution < 1.29 is 42.8 Å². The summed E-state index contributed by atoms with van der Waals surface area (Å²) in [5.41, 5.74) is 5.31. The molecule has 0 aromatic heterocycles. The van der Waals surface area contributed by atoms with Crippen LogP contribution in [0.4, 0.5) is 0 Å². The van der Waals surface area contributed by atoms with Crippen LogP contribution >= 0.6 is 0 Å². The quantitative estimate of drug-likeness (QED) is 0.208. The molecule has 45 heavy (non-hydrogen) atoms. The van der Waals surface area contributed by atoms with Crippen molar-refractivity contribution in [3.8, 4) is 28.7 Å². The Kier molecular flexibility index (Phi) is 9.83. The standard InChI is InChI=1S/C36H38O9/c1-20-33(22-10-11-28(40-4)23(12-22)17-37)21(2)35(27-14-25(19-39)30(42-6)16-32(27)44-8)36(3,45-9)34(20)26-13-24(18-38)29(41-5)15-31(26)43-7/h10-19,34H,1-9H3. The van der Waals surface area contributed by atoms with Gasteiger partial charge in [-0.25, -0.2) is 0 Å². The molecule has 4 rings (SSSR count). The SMILES string of the molecule is COc1ccc(C2=C(C)C(c3cc(C=O)c(OC)cc3OC)C(C)(OC)C(c3cc(C=O)c(OC)cc3OC)=C2C)cc1C=O. The largest absolute Gasteiger partial charge is 0.496 e. The topological polar surface area (TPSA) is 107 Å². The van der Waals surface area contributed by atoms with E-state index in [4.69, 9.17) is 28.4 Å². The van der Waals surface area contributed by atoms with Gasteiger partial charge >= 0.3 is 0 Å². The van der Waals surface area contributed by atoms with Gasteiger partial charge in [0.2, 0.25) is 0 Å². The highest BCUT2D eigenvalue weighted by Gasteiger charge is 2.48. The zero-order valence-corrected chi connectivity index (χ0v) is 27.0. The van der Waals surface area contributed by atoms with Gasteiger partial charge in [0.15, 0.2) is 18.9 Å². The fourth-order valence-corrected chi connectivity index (χ4v) is 6.62. The van der Waals surface area contributed by atoms with Crippen molar-refractivity contribution in [1.82, 2.24) is 0 Å². The van der Waals surface area contributed by atoms with Gasteiger partial charge in [-0.1, -0.05) is 11.6 Å². The van der Waals surface area contributed by atoms with E-state index >= 15 is 0 Å². The van der Waals surface area contributed by atoms with Gasteiger partial charge in [-0.2, -0.15) is 0 Å². The maximum atomic E-state index is 12.2. The minimum atomic E-state index is -1.10. The van der Waals surface area contributed by atoms with Crippen molar-refractivity contribution in [1.29, 1.82) is 0 Å². The average Bonchev–Trinajstić information content (AvgIpc) is 3.07. The van der Waals surface area contributed by atoms with Gasteiger partial charge < -0.3 is 28.4 Å². The monoisotopic (exact) mass is 614 g/mol. The number of ether oxygens (including phenoxy) is 6. The first-order valence-electron chi connectivity index (χ1n) is 14.2. The summed E-state index contributed by atoms with van der Waals surface area (Å²) < 4.78 is 34.6. The van der Waals surface area contributed by atoms with Crippen molar-refractivity contribution in [2.24, 2.45) is 0 Å². The molecular weight excluding hydrogens is 576 g/mol. The summed E-state index contributed by atoms with van der Waals surface area (Å²) in [6, 6.07) is 12.3. The van der Waals surface area contributed by atoms with Gasteiger partial charge in [0.05, 0.1) is 52.2 Å². The molecule has 0 N–H and O–H groups in total. The van der Waals surface area contributed by atoms with E-state index in [9.17, 15) is 14.4 Å². The third kappa shape index (κ3) is 5.48. The highest BCUT2D eigenvalue weighted by Crippen LogP contribution is 2.57. The molecule has 0 heterocycles. The molecule has 2 atom stereocenters. The number of carbonyl (C=O) groups excluding carboxylic acids is 3. The number of benzene rings is 3. The van der Waals surface area contributed by atoms with Crippen LogP contribution in [0.2, 0.25) is 0 Å². The van der Waals surface area contributed by atoms with Crippen LogP contribution in [0.25, 0.3) is 11.1 Å². The highest BCUT2D eigenvalue weighted by molar-refractivity contribution is 5.99. The van der Waals surface area contributed by atoms with E-state index < -0.39 is 11.5 Å². The Bertz CT molecular complexity index is 1720. The smallest absolute Gasteiger partial charge is 0.153 e. The molecule has 3 aromatic carbocycles. The fraction of sp³-hybridized carbons (Fsp3) is 0.306. The van der Waals surface area contributed by atoms with Crippen molar-refractivity contribution in [2.45, 2.75) is 32.3 Å². The third-order valence-corrected chi connectivity index (χ3v) is 8.66. The van der Waals surface area contributed by atoms with Crippen LogP contribution in [0.1, 0.15) is 74.5 Å². The normalized spacial score (nSPS) is 17.9. The molecule has 0 saturated carbocycles. The summed E-state index contributed by atoms with van der Waals surface area (Å²) in [6.07, 6.45) is 2.22. The number of hydrogen-bond donors (Lipinski definition) is 0. The molecule has 0 saturated heterocycles. The maximum absolute atomic E-state index is 12.2. The summed E-state index contributed by atoms with van der Waals surface area (Å²) in [5, 5.41) is 0. The Morgan fingerprint density at radius 3 is 1.64 bits per heavy atom. The van der Waals surface area contributed by atoms with E-state index in [2.05, 4.69) is 0 Å². The van der Waals surface area contributed by atoms with Gasteiger partial charge in [-0.3, -0.25) is 14.4 Å². The second-order valence-corrected chi connectivity index (χ2v) is 10.7. The Morgan fingerprint density at radius 1 is 0.622 bits per heavy atom. The van der Waals surface area contributed by atoms with Crippen molar-refractivity contribution in [3.05, 3.63) is 87.0 Å². The molecule has 0 amide bonds. The number of carbonyl (C=O) groups is 3. The lowest BCUT2D eigenvalue weighted by molar-refractivity contribution is 0.0406. The molecule has 236 valence electrons. The van der Waals surface area contributed by atoms with Gasteiger partial charge in [-0.05, 0) is 67.3 Å². The summed E-state index contributed by atoms with van der Waals surface area (Å²) >= 11 is 0. The molecule has 0 spiro atoms. The molecule has 3 aromatic rings. The summed E-state index contributed by atoms with van der Waals surface area (Å²) in [4.78, 5) is 36.5. The van der Waals surface area contributed by atoms with Crippen LogP contribution in [0.5, 0.6) is 28.7 Å². The Hall–Kier alpha value is -4.89. The third-order valence-electron chi connectivity index (χ3n) is 8.66. The second-order valence-electron chi connectivity index (χ2n) is 10.7. The molecule has 0 radical (unpaired) electrons. The number of allylic oxidation sites excluding steroid dienone is 2. The van der Waals surface area contributed by atoms with E-state index in [-0.39, 0.29) is 0 Å². The van der Waals surface area contributed by atoms with Gasteiger partial charge in [0.1, 0.15) is 34.3 Å². The molecule has 0 bridgehead atoms. The summed E-state index contributed by atoms with van der Waals surface area (Å²) in [5.74, 6) is 1.59. The van der Waals surface area contributed by atoms with Crippen molar-refractivity contribution in [3.63, 3.8) is 0 Å².